The van der Waals surface area contributed by atoms with Crippen LogP contribution in [0.5, 0.6) is 0 Å². The summed E-state index contributed by atoms with van der Waals surface area (Å²) in [5, 5.41) is 2.11. The second kappa shape index (κ2) is 5.63. The predicted molar refractivity (Wildman–Crippen MR) is 84.2 cm³/mol. The van der Waals surface area contributed by atoms with E-state index in [1.54, 1.807) is 16.2 Å². The summed E-state index contributed by atoms with van der Waals surface area (Å²) in [5.74, 6) is -0.0771. The molecule has 1 aromatic rings. The van der Waals surface area contributed by atoms with Gasteiger partial charge in [0, 0.05) is 12.8 Å². The molecular weight excluding hydrogens is 296 g/mol. The number of allylic oxidation sites excluding steroid dienone is 2. The van der Waals surface area contributed by atoms with E-state index in [1.807, 2.05) is 12.2 Å². The van der Waals surface area contributed by atoms with E-state index in [2.05, 4.69) is 17.5 Å². The van der Waals surface area contributed by atoms with Crippen LogP contribution in [0.4, 0.5) is 0 Å². The summed E-state index contributed by atoms with van der Waals surface area (Å²) in [6, 6.07) is 4.71. The molecule has 1 unspecified atom stereocenters. The highest BCUT2D eigenvalue weighted by Gasteiger charge is 2.49. The molecule has 1 N–H and O–H groups in total. The van der Waals surface area contributed by atoms with Crippen molar-refractivity contribution < 1.29 is 14.5 Å². The highest BCUT2D eigenvalue weighted by Crippen LogP contribution is 2.34. The van der Waals surface area contributed by atoms with E-state index < -0.39 is 0 Å². The van der Waals surface area contributed by atoms with Crippen LogP contribution in [-0.4, -0.2) is 29.9 Å². The first-order valence-electron chi connectivity index (χ1n) is 8.14. The molecule has 2 saturated heterocycles. The van der Waals surface area contributed by atoms with Crippen LogP contribution in [0.25, 0.3) is 0 Å². The molecule has 2 amide bonds. The van der Waals surface area contributed by atoms with Gasteiger partial charge in [-0.1, -0.05) is 18.2 Å². The number of likely N-dealkylation sites (tertiary alicyclic amines) is 2. The molecule has 3 aliphatic rings. The quantitative estimate of drug-likeness (QED) is 0.676. The number of carbonyl (C=O) groups excluding carboxylic acids is 2. The van der Waals surface area contributed by atoms with E-state index in [-0.39, 0.29) is 23.7 Å². The molecule has 116 valence electrons. The summed E-state index contributed by atoms with van der Waals surface area (Å²) < 4.78 is 0. The molecule has 2 fully saturated rings. The van der Waals surface area contributed by atoms with Crippen LogP contribution in [0.2, 0.25) is 0 Å². The zero-order valence-corrected chi connectivity index (χ0v) is 13.3. The van der Waals surface area contributed by atoms with E-state index >= 15 is 0 Å². The fourth-order valence-electron chi connectivity index (χ4n) is 4.16. The monoisotopic (exact) mass is 317 g/mol. The molecule has 4 nitrogen and oxygen atoms in total. The van der Waals surface area contributed by atoms with Gasteiger partial charge in [0.25, 0.3) is 0 Å². The fraction of sp³-hybridized carbons (Fsp3) is 0.529. The Balaban J connectivity index is 1.51. The largest absolute Gasteiger partial charge is 0.311 e. The SMILES string of the molecule is O=C1[C@H]2CC=CC[C@H]2C(=O)N1C[NH+]1CCC[C@H]1c1cccs1. The molecule has 4 rings (SSSR count). The lowest BCUT2D eigenvalue weighted by Gasteiger charge is -2.25. The molecular formula is C17H21N2O2S+. The zero-order valence-electron chi connectivity index (χ0n) is 12.5. The minimum absolute atomic E-state index is 0.0590. The normalized spacial score (nSPS) is 34.5. The van der Waals surface area contributed by atoms with Gasteiger partial charge < -0.3 is 4.90 Å². The molecule has 0 spiro atoms. The maximum atomic E-state index is 12.6. The Morgan fingerprint density at radius 1 is 1.18 bits per heavy atom. The van der Waals surface area contributed by atoms with Crippen molar-refractivity contribution in [2.45, 2.75) is 31.7 Å². The molecule has 3 heterocycles. The molecule has 0 aromatic carbocycles. The topological polar surface area (TPSA) is 41.8 Å². The number of fused-ring (bicyclic) bond motifs is 1. The third-order valence-corrected chi connectivity index (χ3v) is 6.32. The van der Waals surface area contributed by atoms with Crippen LogP contribution in [0.15, 0.2) is 29.7 Å². The van der Waals surface area contributed by atoms with Crippen LogP contribution < -0.4 is 4.90 Å². The number of imide groups is 1. The number of thiophene rings is 1. The summed E-state index contributed by atoms with van der Waals surface area (Å²) in [6.07, 6.45) is 7.88. The third-order valence-electron chi connectivity index (χ3n) is 5.33. The van der Waals surface area contributed by atoms with Crippen LogP contribution >= 0.6 is 11.3 Å². The van der Waals surface area contributed by atoms with Gasteiger partial charge in [-0.2, -0.15) is 0 Å². The maximum absolute atomic E-state index is 12.6. The van der Waals surface area contributed by atoms with E-state index in [9.17, 15) is 9.59 Å². The number of hydrogen-bond donors (Lipinski definition) is 1. The number of nitrogens with zero attached hydrogens (tertiary/aromatic N) is 1. The van der Waals surface area contributed by atoms with E-state index in [0.717, 1.165) is 25.8 Å². The van der Waals surface area contributed by atoms with Gasteiger partial charge in [0.05, 0.1) is 23.3 Å². The lowest BCUT2D eigenvalue weighted by molar-refractivity contribution is -0.925. The number of nitrogens with one attached hydrogen (secondary N) is 1. The lowest BCUT2D eigenvalue weighted by atomic mass is 9.85. The lowest BCUT2D eigenvalue weighted by Crippen LogP contribution is -3.12. The molecule has 0 saturated carbocycles. The van der Waals surface area contributed by atoms with Crippen molar-refractivity contribution in [1.29, 1.82) is 0 Å². The van der Waals surface area contributed by atoms with E-state index in [4.69, 9.17) is 0 Å². The third kappa shape index (κ3) is 2.23. The molecule has 1 aromatic heterocycles. The molecule has 5 heteroatoms. The van der Waals surface area contributed by atoms with E-state index in [0.29, 0.717) is 12.7 Å². The van der Waals surface area contributed by atoms with Crippen LogP contribution in [0.3, 0.4) is 0 Å². The second-order valence-electron chi connectivity index (χ2n) is 6.54. The Morgan fingerprint density at radius 3 is 2.55 bits per heavy atom. The first-order chi connectivity index (χ1) is 10.8. The van der Waals surface area contributed by atoms with Gasteiger partial charge in [-0.25, -0.2) is 4.90 Å². The van der Waals surface area contributed by atoms with Gasteiger partial charge in [-0.15, -0.1) is 11.3 Å². The zero-order chi connectivity index (χ0) is 15.1. The maximum Gasteiger partial charge on any atom is 0.237 e. The predicted octanol–water partition coefficient (Wildman–Crippen LogP) is 1.38. The Bertz CT molecular complexity index is 584. The minimum Gasteiger partial charge on any atom is -0.311 e. The van der Waals surface area contributed by atoms with Crippen molar-refractivity contribution in [3.05, 3.63) is 34.5 Å². The number of carbonyl (C=O) groups is 2. The van der Waals surface area contributed by atoms with Crippen molar-refractivity contribution in [3.63, 3.8) is 0 Å². The van der Waals surface area contributed by atoms with E-state index in [1.165, 1.54) is 16.2 Å². The van der Waals surface area contributed by atoms with Crippen LogP contribution in [0, 0.1) is 11.8 Å². The standard InChI is InChI=1S/C17H20N2O2S/c20-16-12-5-1-2-6-13(12)17(21)19(16)11-18-9-3-7-14(18)15-8-4-10-22-15/h1-2,4,8,10,12-14H,3,5-7,9,11H2/p+1/t12-,13+,14-/m0/s1. The van der Waals surface area contributed by atoms with Crippen molar-refractivity contribution in [1.82, 2.24) is 4.90 Å². The smallest absolute Gasteiger partial charge is 0.237 e. The summed E-state index contributed by atoms with van der Waals surface area (Å²) in [4.78, 5) is 29.5. The Hall–Kier alpha value is -1.46. The van der Waals surface area contributed by atoms with Crippen LogP contribution in [0.1, 0.15) is 36.6 Å². The summed E-state index contributed by atoms with van der Waals surface area (Å²) in [7, 11) is 0. The van der Waals surface area contributed by atoms with Crippen LogP contribution in [-0.2, 0) is 9.59 Å². The van der Waals surface area contributed by atoms with Gasteiger partial charge in [-0.05, 0) is 24.3 Å². The van der Waals surface area contributed by atoms with Gasteiger partial charge in [0.1, 0.15) is 6.04 Å². The molecule has 22 heavy (non-hydrogen) atoms. The van der Waals surface area contributed by atoms with Gasteiger partial charge in [0.2, 0.25) is 11.8 Å². The minimum atomic E-state index is -0.0975. The summed E-state index contributed by atoms with van der Waals surface area (Å²) in [5.41, 5.74) is 0. The molecule has 0 radical (unpaired) electrons. The second-order valence-corrected chi connectivity index (χ2v) is 7.52. The van der Waals surface area contributed by atoms with Gasteiger partial charge >= 0.3 is 0 Å². The molecule has 4 atom stereocenters. The summed E-state index contributed by atoms with van der Waals surface area (Å²) >= 11 is 1.78. The average molecular weight is 317 g/mol. The van der Waals surface area contributed by atoms with Crippen molar-refractivity contribution in [2.24, 2.45) is 11.8 Å². The Kier molecular flexibility index (Phi) is 3.62. The van der Waals surface area contributed by atoms with Crippen molar-refractivity contribution in [2.75, 3.05) is 13.2 Å². The number of rotatable bonds is 3. The summed E-state index contributed by atoms with van der Waals surface area (Å²) in [6.45, 7) is 1.60. The van der Waals surface area contributed by atoms with Crippen molar-refractivity contribution in [3.8, 4) is 0 Å². The average Bonchev–Trinajstić information content (AvgIpc) is 3.25. The first kappa shape index (κ1) is 14.2. The Labute approximate surface area is 134 Å². The van der Waals surface area contributed by atoms with Gasteiger partial charge in [0.15, 0.2) is 6.67 Å². The molecule has 2 aliphatic heterocycles. The highest BCUT2D eigenvalue weighted by atomic mass is 32.1. The highest BCUT2D eigenvalue weighted by molar-refractivity contribution is 7.10. The number of hydrogen-bond acceptors (Lipinski definition) is 3. The number of amides is 2. The van der Waals surface area contributed by atoms with Crippen molar-refractivity contribution >= 4 is 23.2 Å². The number of quaternary nitrogens is 1. The molecule has 0 bridgehead atoms. The fourth-order valence-corrected chi connectivity index (χ4v) is 5.08. The first-order valence-corrected chi connectivity index (χ1v) is 9.02. The Morgan fingerprint density at radius 2 is 1.91 bits per heavy atom. The molecule has 1 aliphatic carbocycles. The van der Waals surface area contributed by atoms with Gasteiger partial charge in [-0.3, -0.25) is 9.59 Å².